The van der Waals surface area contributed by atoms with Gasteiger partial charge in [-0.05, 0) is 32.2 Å². The predicted octanol–water partition coefficient (Wildman–Crippen LogP) is 2.95. The number of hydrogen-bond donors (Lipinski definition) is 3. The van der Waals surface area contributed by atoms with Crippen molar-refractivity contribution in [2.24, 2.45) is 0 Å². The molecule has 0 aliphatic heterocycles. The van der Waals surface area contributed by atoms with Crippen molar-refractivity contribution in [1.29, 1.82) is 0 Å². The van der Waals surface area contributed by atoms with Gasteiger partial charge < -0.3 is 25.2 Å². The molecule has 0 bridgehead atoms. The SMILES string of the molecule is CNCc1cc(-c2cc(Nc3nc(C)cc(NC)n3)ccc2OC)on1. The van der Waals surface area contributed by atoms with Gasteiger partial charge in [0, 0.05) is 37.1 Å². The maximum absolute atomic E-state index is 5.47. The van der Waals surface area contributed by atoms with E-state index >= 15 is 0 Å². The van der Waals surface area contributed by atoms with Gasteiger partial charge in [0.05, 0.1) is 18.4 Å². The van der Waals surface area contributed by atoms with E-state index in [2.05, 4.69) is 31.1 Å². The van der Waals surface area contributed by atoms with Gasteiger partial charge >= 0.3 is 0 Å². The Bertz CT molecular complexity index is 893. The first-order chi connectivity index (χ1) is 12.6. The second-order valence-electron chi connectivity index (χ2n) is 5.72. The lowest BCUT2D eigenvalue weighted by molar-refractivity contribution is 0.403. The molecule has 8 heteroatoms. The van der Waals surface area contributed by atoms with E-state index in [4.69, 9.17) is 9.26 Å². The lowest BCUT2D eigenvalue weighted by atomic mass is 10.1. The van der Waals surface area contributed by atoms with Crippen LogP contribution in [0, 0.1) is 6.92 Å². The van der Waals surface area contributed by atoms with Gasteiger partial charge in [0.2, 0.25) is 5.95 Å². The first-order valence-corrected chi connectivity index (χ1v) is 8.22. The number of hydrogen-bond acceptors (Lipinski definition) is 8. The zero-order chi connectivity index (χ0) is 18.5. The highest BCUT2D eigenvalue weighted by atomic mass is 16.5. The van der Waals surface area contributed by atoms with Gasteiger partial charge in [-0.25, -0.2) is 4.98 Å². The Morgan fingerprint density at radius 1 is 1.12 bits per heavy atom. The monoisotopic (exact) mass is 354 g/mol. The summed E-state index contributed by atoms with van der Waals surface area (Å²) in [6.07, 6.45) is 0. The molecule has 0 spiro atoms. The maximum Gasteiger partial charge on any atom is 0.229 e. The summed E-state index contributed by atoms with van der Waals surface area (Å²) in [5, 5.41) is 13.4. The summed E-state index contributed by atoms with van der Waals surface area (Å²) in [5.41, 5.74) is 3.31. The minimum absolute atomic E-state index is 0.513. The van der Waals surface area contributed by atoms with E-state index in [1.807, 2.05) is 51.4 Å². The fourth-order valence-corrected chi connectivity index (χ4v) is 2.56. The van der Waals surface area contributed by atoms with E-state index in [-0.39, 0.29) is 0 Å². The molecule has 0 saturated heterocycles. The van der Waals surface area contributed by atoms with Crippen molar-refractivity contribution < 1.29 is 9.26 Å². The average molecular weight is 354 g/mol. The van der Waals surface area contributed by atoms with Crippen LogP contribution in [0.2, 0.25) is 0 Å². The number of nitrogens with zero attached hydrogens (tertiary/aromatic N) is 3. The maximum atomic E-state index is 5.47. The van der Waals surface area contributed by atoms with Crippen LogP contribution in [0.4, 0.5) is 17.5 Å². The Morgan fingerprint density at radius 3 is 2.69 bits per heavy atom. The molecule has 0 radical (unpaired) electrons. The Kier molecular flexibility index (Phi) is 5.33. The van der Waals surface area contributed by atoms with Crippen LogP contribution in [0.1, 0.15) is 11.4 Å². The van der Waals surface area contributed by atoms with E-state index < -0.39 is 0 Å². The van der Waals surface area contributed by atoms with Crippen molar-refractivity contribution in [3.05, 3.63) is 41.7 Å². The number of anilines is 3. The third-order valence-electron chi connectivity index (χ3n) is 3.75. The average Bonchev–Trinajstić information content (AvgIpc) is 3.10. The molecule has 0 amide bonds. The molecule has 3 N–H and O–H groups in total. The molecule has 136 valence electrons. The molecule has 2 aromatic heterocycles. The normalized spacial score (nSPS) is 10.6. The smallest absolute Gasteiger partial charge is 0.229 e. The molecule has 3 rings (SSSR count). The Balaban J connectivity index is 1.93. The molecule has 3 aromatic rings. The molecule has 26 heavy (non-hydrogen) atoms. The van der Waals surface area contributed by atoms with E-state index in [0.29, 0.717) is 24.0 Å². The fraction of sp³-hybridized carbons (Fsp3) is 0.278. The van der Waals surface area contributed by atoms with E-state index in [1.54, 1.807) is 7.11 Å². The number of ether oxygens (including phenoxy) is 1. The van der Waals surface area contributed by atoms with Crippen LogP contribution in [0.15, 0.2) is 34.9 Å². The van der Waals surface area contributed by atoms with E-state index in [0.717, 1.165) is 28.5 Å². The Labute approximate surface area is 152 Å². The van der Waals surface area contributed by atoms with Gasteiger partial charge in [0.25, 0.3) is 0 Å². The van der Waals surface area contributed by atoms with Crippen molar-refractivity contribution in [2.75, 3.05) is 31.8 Å². The second kappa shape index (κ2) is 7.83. The minimum Gasteiger partial charge on any atom is -0.496 e. The first kappa shape index (κ1) is 17.7. The molecule has 1 aromatic carbocycles. The fourth-order valence-electron chi connectivity index (χ4n) is 2.56. The van der Waals surface area contributed by atoms with Crippen LogP contribution in [0.25, 0.3) is 11.3 Å². The van der Waals surface area contributed by atoms with Crippen molar-refractivity contribution in [2.45, 2.75) is 13.5 Å². The highest BCUT2D eigenvalue weighted by Crippen LogP contribution is 2.33. The van der Waals surface area contributed by atoms with Crippen LogP contribution in [0.3, 0.4) is 0 Å². The number of benzene rings is 1. The molecule has 2 heterocycles. The summed E-state index contributed by atoms with van der Waals surface area (Å²) in [6, 6.07) is 9.46. The summed E-state index contributed by atoms with van der Waals surface area (Å²) in [5.74, 6) is 2.60. The number of rotatable bonds is 7. The second-order valence-corrected chi connectivity index (χ2v) is 5.72. The molecule has 0 saturated carbocycles. The molecule has 0 atom stereocenters. The molecule has 0 aliphatic rings. The molecule has 8 nitrogen and oxygen atoms in total. The number of nitrogens with one attached hydrogen (secondary N) is 3. The molecule has 0 aliphatic carbocycles. The van der Waals surface area contributed by atoms with E-state index in [9.17, 15) is 0 Å². The lowest BCUT2D eigenvalue weighted by Gasteiger charge is -2.11. The minimum atomic E-state index is 0.513. The van der Waals surface area contributed by atoms with Gasteiger partial charge in [0.1, 0.15) is 11.6 Å². The van der Waals surface area contributed by atoms with Crippen LogP contribution in [0.5, 0.6) is 5.75 Å². The highest BCUT2D eigenvalue weighted by molar-refractivity contribution is 5.72. The molecular formula is C18H22N6O2. The van der Waals surface area contributed by atoms with Crippen LogP contribution in [-0.4, -0.2) is 36.3 Å². The summed E-state index contributed by atoms with van der Waals surface area (Å²) in [7, 11) is 5.31. The summed E-state index contributed by atoms with van der Waals surface area (Å²) < 4.78 is 10.9. The quantitative estimate of drug-likeness (QED) is 0.596. The number of aryl methyl sites for hydroxylation is 1. The largest absolute Gasteiger partial charge is 0.496 e. The summed E-state index contributed by atoms with van der Waals surface area (Å²) in [4.78, 5) is 8.83. The van der Waals surface area contributed by atoms with Crippen molar-refractivity contribution >= 4 is 17.5 Å². The molecular weight excluding hydrogens is 332 g/mol. The Hall–Kier alpha value is -3.13. The summed E-state index contributed by atoms with van der Waals surface area (Å²) >= 11 is 0. The third kappa shape index (κ3) is 3.92. The highest BCUT2D eigenvalue weighted by Gasteiger charge is 2.13. The third-order valence-corrected chi connectivity index (χ3v) is 3.75. The molecule has 0 fully saturated rings. The van der Waals surface area contributed by atoms with Crippen molar-refractivity contribution in [3.8, 4) is 17.1 Å². The number of methoxy groups -OCH3 is 1. The molecule has 0 unspecified atom stereocenters. The number of aromatic nitrogens is 3. The van der Waals surface area contributed by atoms with Crippen molar-refractivity contribution in [1.82, 2.24) is 20.4 Å². The predicted molar refractivity (Wildman–Crippen MR) is 101 cm³/mol. The van der Waals surface area contributed by atoms with Crippen LogP contribution >= 0.6 is 0 Å². The van der Waals surface area contributed by atoms with Crippen LogP contribution in [-0.2, 0) is 6.54 Å². The van der Waals surface area contributed by atoms with Gasteiger partial charge in [-0.2, -0.15) is 4.98 Å². The zero-order valence-corrected chi connectivity index (χ0v) is 15.3. The first-order valence-electron chi connectivity index (χ1n) is 8.22. The van der Waals surface area contributed by atoms with Crippen LogP contribution < -0.4 is 20.7 Å². The standard InChI is InChI=1S/C18H22N6O2/c1-11-7-17(20-3)23-18(21-11)22-12-5-6-15(25-4)14(8-12)16-9-13(10-19-2)24-26-16/h5-9,19H,10H2,1-4H3,(H2,20,21,22,23). The zero-order valence-electron chi connectivity index (χ0n) is 15.3. The van der Waals surface area contributed by atoms with Gasteiger partial charge in [-0.15, -0.1) is 0 Å². The van der Waals surface area contributed by atoms with Crippen molar-refractivity contribution in [3.63, 3.8) is 0 Å². The summed E-state index contributed by atoms with van der Waals surface area (Å²) in [6.45, 7) is 2.55. The lowest BCUT2D eigenvalue weighted by Crippen LogP contribution is -2.04. The topological polar surface area (TPSA) is 97.1 Å². The van der Waals surface area contributed by atoms with Gasteiger partial charge in [-0.3, -0.25) is 0 Å². The van der Waals surface area contributed by atoms with E-state index in [1.165, 1.54) is 0 Å². The Morgan fingerprint density at radius 2 is 1.96 bits per heavy atom. The van der Waals surface area contributed by atoms with Gasteiger partial charge in [-0.1, -0.05) is 5.16 Å². The van der Waals surface area contributed by atoms with Gasteiger partial charge in [0.15, 0.2) is 5.76 Å².